The lowest BCUT2D eigenvalue weighted by Crippen LogP contribution is -2.09. The zero-order valence-corrected chi connectivity index (χ0v) is 11.3. The fraction of sp³-hybridized carbons (Fsp3) is 0. The van der Waals surface area contributed by atoms with Crippen LogP contribution in [0.5, 0.6) is 5.75 Å². The largest absolute Gasteiger partial charge is 0.377 e. The number of halogens is 2. The van der Waals surface area contributed by atoms with Crippen molar-refractivity contribution < 1.29 is 12.6 Å². The van der Waals surface area contributed by atoms with Crippen LogP contribution in [0, 0.1) is 0 Å². The molecular formula is C12H8Cl2O3S. The molecular weight excluding hydrogens is 295 g/mol. The minimum absolute atomic E-state index is 0.0202. The first-order chi connectivity index (χ1) is 8.49. The molecule has 0 aliphatic heterocycles. The maximum atomic E-state index is 11.9. The highest BCUT2D eigenvalue weighted by atomic mass is 35.5. The van der Waals surface area contributed by atoms with E-state index in [1.807, 2.05) is 0 Å². The molecule has 0 radical (unpaired) electrons. The van der Waals surface area contributed by atoms with Crippen LogP contribution in [0.3, 0.4) is 0 Å². The molecule has 0 bridgehead atoms. The van der Waals surface area contributed by atoms with E-state index in [1.165, 1.54) is 30.3 Å². The summed E-state index contributed by atoms with van der Waals surface area (Å²) in [4.78, 5) is 0.0202. The second-order valence-electron chi connectivity index (χ2n) is 3.42. The summed E-state index contributed by atoms with van der Waals surface area (Å²) in [6.45, 7) is 0. The number of benzene rings is 2. The number of hydrogen-bond donors (Lipinski definition) is 0. The van der Waals surface area contributed by atoms with Crippen LogP contribution in [-0.2, 0) is 10.1 Å². The number of para-hydroxylation sites is 1. The molecule has 0 saturated carbocycles. The molecule has 94 valence electrons. The van der Waals surface area contributed by atoms with E-state index in [-0.39, 0.29) is 15.7 Å². The average Bonchev–Trinajstić information content (AvgIpc) is 2.32. The van der Waals surface area contributed by atoms with Gasteiger partial charge in [0.15, 0.2) is 5.75 Å². The molecule has 0 heterocycles. The maximum absolute atomic E-state index is 11.9. The van der Waals surface area contributed by atoms with Gasteiger partial charge in [-0.3, -0.25) is 0 Å². The zero-order chi connectivity index (χ0) is 13.2. The van der Waals surface area contributed by atoms with E-state index in [0.717, 1.165) is 0 Å². The summed E-state index contributed by atoms with van der Waals surface area (Å²) in [6.07, 6.45) is 0. The molecule has 0 aromatic heterocycles. The molecule has 0 N–H and O–H groups in total. The van der Waals surface area contributed by atoms with Gasteiger partial charge in [-0.15, -0.1) is 0 Å². The summed E-state index contributed by atoms with van der Waals surface area (Å²) in [7, 11) is -3.90. The van der Waals surface area contributed by atoms with Crippen LogP contribution in [-0.4, -0.2) is 8.42 Å². The van der Waals surface area contributed by atoms with E-state index in [0.29, 0.717) is 5.02 Å². The first kappa shape index (κ1) is 13.2. The second-order valence-corrected chi connectivity index (χ2v) is 5.81. The standard InChI is InChI=1S/C12H8Cl2O3S/c13-9-5-7-10(8-6-9)18(15,16)17-12-4-2-1-3-11(12)14/h1-8H. The highest BCUT2D eigenvalue weighted by Gasteiger charge is 2.17. The van der Waals surface area contributed by atoms with Gasteiger partial charge in [0.25, 0.3) is 0 Å². The molecule has 0 unspecified atom stereocenters. The van der Waals surface area contributed by atoms with Gasteiger partial charge in [0.05, 0.1) is 5.02 Å². The van der Waals surface area contributed by atoms with Crippen molar-refractivity contribution in [2.45, 2.75) is 4.90 Å². The van der Waals surface area contributed by atoms with E-state index < -0.39 is 10.1 Å². The summed E-state index contributed by atoms with van der Waals surface area (Å²) in [6, 6.07) is 12.0. The highest BCUT2D eigenvalue weighted by Crippen LogP contribution is 2.27. The molecule has 3 nitrogen and oxygen atoms in total. The lowest BCUT2D eigenvalue weighted by molar-refractivity contribution is 0.486. The summed E-state index contributed by atoms with van der Waals surface area (Å²) in [5.41, 5.74) is 0. The predicted octanol–water partition coefficient (Wildman–Crippen LogP) is 3.76. The molecule has 0 saturated heterocycles. The predicted molar refractivity (Wildman–Crippen MR) is 70.7 cm³/mol. The molecule has 2 aromatic carbocycles. The maximum Gasteiger partial charge on any atom is 0.339 e. The third-order valence-electron chi connectivity index (χ3n) is 2.14. The first-order valence-electron chi connectivity index (χ1n) is 4.93. The van der Waals surface area contributed by atoms with Gasteiger partial charge in [0, 0.05) is 5.02 Å². The summed E-state index contributed by atoms with van der Waals surface area (Å²) >= 11 is 11.5. The third-order valence-corrected chi connectivity index (χ3v) is 3.95. The second kappa shape index (κ2) is 5.18. The van der Waals surface area contributed by atoms with E-state index >= 15 is 0 Å². The first-order valence-corrected chi connectivity index (χ1v) is 7.10. The van der Waals surface area contributed by atoms with E-state index in [2.05, 4.69) is 0 Å². The smallest absolute Gasteiger partial charge is 0.339 e. The molecule has 0 amide bonds. The van der Waals surface area contributed by atoms with Gasteiger partial charge in [-0.2, -0.15) is 8.42 Å². The van der Waals surface area contributed by atoms with Gasteiger partial charge < -0.3 is 4.18 Å². The van der Waals surface area contributed by atoms with Crippen molar-refractivity contribution in [3.63, 3.8) is 0 Å². The SMILES string of the molecule is O=S(=O)(Oc1ccccc1Cl)c1ccc(Cl)cc1. The van der Waals surface area contributed by atoms with Crippen molar-refractivity contribution in [1.29, 1.82) is 0 Å². The van der Waals surface area contributed by atoms with Gasteiger partial charge in [-0.25, -0.2) is 0 Å². The van der Waals surface area contributed by atoms with Crippen LogP contribution in [0.2, 0.25) is 10.0 Å². The number of hydrogen-bond acceptors (Lipinski definition) is 3. The average molecular weight is 303 g/mol. The van der Waals surface area contributed by atoms with Crippen molar-refractivity contribution in [2.75, 3.05) is 0 Å². The topological polar surface area (TPSA) is 43.4 Å². The Morgan fingerprint density at radius 2 is 1.50 bits per heavy atom. The van der Waals surface area contributed by atoms with Gasteiger partial charge in [0.1, 0.15) is 4.90 Å². The fourth-order valence-electron chi connectivity index (χ4n) is 1.28. The van der Waals surface area contributed by atoms with Crippen molar-refractivity contribution >= 4 is 33.3 Å². The highest BCUT2D eigenvalue weighted by molar-refractivity contribution is 7.87. The van der Waals surface area contributed by atoms with E-state index in [1.54, 1.807) is 18.2 Å². The molecule has 2 aromatic rings. The molecule has 0 aliphatic carbocycles. The molecule has 0 aliphatic rings. The van der Waals surface area contributed by atoms with Crippen molar-refractivity contribution in [3.8, 4) is 5.75 Å². The Labute approximate surface area is 115 Å². The summed E-state index contributed by atoms with van der Waals surface area (Å²) in [5, 5.41) is 0.682. The van der Waals surface area contributed by atoms with Crippen LogP contribution in [0.4, 0.5) is 0 Å². The van der Waals surface area contributed by atoms with Crippen LogP contribution in [0.15, 0.2) is 53.4 Å². The van der Waals surface area contributed by atoms with Crippen LogP contribution in [0.25, 0.3) is 0 Å². The Hall–Kier alpha value is -1.23. The summed E-state index contributed by atoms with van der Waals surface area (Å²) in [5.74, 6) is 0.0918. The Kier molecular flexibility index (Phi) is 3.80. The fourth-order valence-corrected chi connectivity index (χ4v) is 2.57. The molecule has 0 fully saturated rings. The van der Waals surface area contributed by atoms with E-state index in [4.69, 9.17) is 27.4 Å². The van der Waals surface area contributed by atoms with Crippen LogP contribution >= 0.6 is 23.2 Å². The molecule has 0 spiro atoms. The number of rotatable bonds is 3. The van der Waals surface area contributed by atoms with Crippen molar-refractivity contribution in [2.24, 2.45) is 0 Å². The Morgan fingerprint density at radius 3 is 2.11 bits per heavy atom. The van der Waals surface area contributed by atoms with Gasteiger partial charge in [0.2, 0.25) is 0 Å². The lowest BCUT2D eigenvalue weighted by Gasteiger charge is -2.08. The van der Waals surface area contributed by atoms with Crippen molar-refractivity contribution in [3.05, 3.63) is 58.6 Å². The van der Waals surface area contributed by atoms with Gasteiger partial charge >= 0.3 is 10.1 Å². The minimum Gasteiger partial charge on any atom is -0.377 e. The summed E-state index contributed by atoms with van der Waals surface area (Å²) < 4.78 is 28.8. The monoisotopic (exact) mass is 302 g/mol. The quantitative estimate of drug-likeness (QED) is 0.811. The lowest BCUT2D eigenvalue weighted by atomic mass is 10.3. The molecule has 6 heteroatoms. The van der Waals surface area contributed by atoms with Crippen molar-refractivity contribution in [1.82, 2.24) is 0 Å². The molecule has 0 atom stereocenters. The van der Waals surface area contributed by atoms with E-state index in [9.17, 15) is 8.42 Å². The minimum atomic E-state index is -3.90. The molecule has 18 heavy (non-hydrogen) atoms. The third kappa shape index (κ3) is 2.96. The molecule has 2 rings (SSSR count). The van der Waals surface area contributed by atoms with Gasteiger partial charge in [-0.1, -0.05) is 35.3 Å². The Balaban J connectivity index is 2.33. The Morgan fingerprint density at radius 1 is 0.889 bits per heavy atom. The van der Waals surface area contributed by atoms with Crippen LogP contribution < -0.4 is 4.18 Å². The normalized spacial score (nSPS) is 11.2. The zero-order valence-electron chi connectivity index (χ0n) is 9.01. The van der Waals surface area contributed by atoms with Gasteiger partial charge in [-0.05, 0) is 36.4 Å². The van der Waals surface area contributed by atoms with Crippen LogP contribution in [0.1, 0.15) is 0 Å². The Bertz CT molecular complexity index is 651.